The standard InChI is InChI=1S/C31H52O6/c1-17(2)9-8-10-20(28(35)36)26-22-15-24(34)27-29(5)13-12-23(33)18(3)21(29)11-14-30(27,6)31(22,7)16-25(26)37-19(4)32/h17-18,20-27,33-34H,8-16H2,1-7H3,(H,35,36)/t18-,20?,21-,22-,23+,24+,25-,26-,27-,29-,30-,31-/m0/s1. The molecule has 37 heavy (non-hydrogen) atoms. The molecule has 0 amide bonds. The molecule has 0 radical (unpaired) electrons. The van der Waals surface area contributed by atoms with Crippen LogP contribution in [0.1, 0.15) is 106 Å². The fourth-order valence-corrected chi connectivity index (χ4v) is 10.6. The summed E-state index contributed by atoms with van der Waals surface area (Å²) in [6.45, 7) is 14.9. The van der Waals surface area contributed by atoms with Crippen LogP contribution in [0.25, 0.3) is 0 Å². The van der Waals surface area contributed by atoms with E-state index in [0.29, 0.717) is 31.1 Å². The van der Waals surface area contributed by atoms with Crippen LogP contribution in [0.2, 0.25) is 0 Å². The average Bonchev–Trinajstić information content (AvgIpc) is 3.05. The molecule has 212 valence electrons. The summed E-state index contributed by atoms with van der Waals surface area (Å²) in [5, 5.41) is 33.0. The van der Waals surface area contributed by atoms with Crippen molar-refractivity contribution in [3.63, 3.8) is 0 Å². The monoisotopic (exact) mass is 520 g/mol. The minimum atomic E-state index is -0.803. The van der Waals surface area contributed by atoms with Crippen LogP contribution in [0.4, 0.5) is 0 Å². The topological polar surface area (TPSA) is 104 Å². The smallest absolute Gasteiger partial charge is 0.306 e. The lowest BCUT2D eigenvalue weighted by Gasteiger charge is -2.69. The number of aliphatic carboxylic acids is 1. The molecular weight excluding hydrogens is 468 g/mol. The molecule has 1 unspecified atom stereocenters. The minimum Gasteiger partial charge on any atom is -0.481 e. The number of carbonyl (C=O) groups is 2. The number of aliphatic hydroxyl groups is 2. The van der Waals surface area contributed by atoms with E-state index in [1.165, 1.54) is 6.92 Å². The van der Waals surface area contributed by atoms with Crippen molar-refractivity contribution in [1.82, 2.24) is 0 Å². The first kappa shape index (κ1) is 28.9. The molecule has 0 spiro atoms. The number of rotatable bonds is 7. The van der Waals surface area contributed by atoms with E-state index in [2.05, 4.69) is 41.5 Å². The number of ether oxygens (including phenoxy) is 1. The van der Waals surface area contributed by atoms with Crippen molar-refractivity contribution in [1.29, 1.82) is 0 Å². The second kappa shape index (κ2) is 10.1. The Balaban J connectivity index is 1.73. The van der Waals surface area contributed by atoms with Gasteiger partial charge in [-0.3, -0.25) is 9.59 Å². The highest BCUT2D eigenvalue weighted by molar-refractivity contribution is 5.71. The fraction of sp³-hybridized carbons (Fsp3) is 0.935. The Morgan fingerprint density at radius 1 is 0.973 bits per heavy atom. The average molecular weight is 521 g/mol. The largest absolute Gasteiger partial charge is 0.481 e. The molecule has 0 aromatic carbocycles. The maximum atomic E-state index is 12.7. The molecule has 4 aliphatic carbocycles. The Bertz CT molecular complexity index is 872. The van der Waals surface area contributed by atoms with Gasteiger partial charge in [0.2, 0.25) is 0 Å². The number of carboxylic acid groups (broad SMARTS) is 1. The van der Waals surface area contributed by atoms with Crippen LogP contribution in [0, 0.1) is 57.7 Å². The molecular formula is C31H52O6. The van der Waals surface area contributed by atoms with E-state index in [1.807, 2.05) is 0 Å². The number of aliphatic hydroxyl groups excluding tert-OH is 2. The molecule has 0 aliphatic heterocycles. The number of carboxylic acids is 1. The van der Waals surface area contributed by atoms with Crippen molar-refractivity contribution < 1.29 is 29.6 Å². The van der Waals surface area contributed by atoms with E-state index >= 15 is 0 Å². The van der Waals surface area contributed by atoms with Gasteiger partial charge >= 0.3 is 11.9 Å². The molecule has 6 nitrogen and oxygen atoms in total. The predicted molar refractivity (Wildman–Crippen MR) is 143 cm³/mol. The maximum Gasteiger partial charge on any atom is 0.306 e. The molecule has 4 aliphatic rings. The van der Waals surface area contributed by atoms with Crippen LogP contribution in [-0.4, -0.2) is 45.6 Å². The molecule has 0 aromatic heterocycles. The third-order valence-electron chi connectivity index (χ3n) is 12.4. The van der Waals surface area contributed by atoms with Crippen molar-refractivity contribution in [2.45, 2.75) is 125 Å². The SMILES string of the molecule is CC(=O)O[C@H]1C[C@@]2(C)[C@@H](C[C@@H](O)[C@H]3[C@@]4(C)CC[C@@H](O)[C@@H](C)[C@@H]4CC[C@@]32C)[C@@H]1C(CCCC(C)C)C(=O)O. The molecule has 0 saturated heterocycles. The van der Waals surface area contributed by atoms with Crippen molar-refractivity contribution in [3.8, 4) is 0 Å². The van der Waals surface area contributed by atoms with Gasteiger partial charge in [-0.05, 0) is 90.8 Å². The molecule has 0 bridgehead atoms. The fourth-order valence-electron chi connectivity index (χ4n) is 10.6. The quantitative estimate of drug-likeness (QED) is 0.373. The van der Waals surface area contributed by atoms with E-state index < -0.39 is 24.1 Å². The van der Waals surface area contributed by atoms with Crippen molar-refractivity contribution in [2.75, 3.05) is 0 Å². The van der Waals surface area contributed by atoms with Crippen LogP contribution in [-0.2, 0) is 14.3 Å². The summed E-state index contributed by atoms with van der Waals surface area (Å²) >= 11 is 0. The summed E-state index contributed by atoms with van der Waals surface area (Å²) in [5.74, 6) is -0.870. The molecule has 0 aromatic rings. The van der Waals surface area contributed by atoms with E-state index in [4.69, 9.17) is 4.74 Å². The van der Waals surface area contributed by atoms with Crippen LogP contribution in [0.3, 0.4) is 0 Å². The second-order valence-electron chi connectivity index (χ2n) is 14.5. The van der Waals surface area contributed by atoms with Crippen LogP contribution >= 0.6 is 0 Å². The Morgan fingerprint density at radius 3 is 2.24 bits per heavy atom. The zero-order chi connectivity index (χ0) is 27.5. The summed E-state index contributed by atoms with van der Waals surface area (Å²) in [4.78, 5) is 24.9. The number of esters is 1. The van der Waals surface area contributed by atoms with Crippen molar-refractivity contribution in [3.05, 3.63) is 0 Å². The Labute approximate surface area is 223 Å². The second-order valence-corrected chi connectivity index (χ2v) is 14.5. The third kappa shape index (κ3) is 4.56. The third-order valence-corrected chi connectivity index (χ3v) is 12.4. The lowest BCUT2D eigenvalue weighted by Crippen LogP contribution is -2.66. The van der Waals surface area contributed by atoms with Gasteiger partial charge in [-0.25, -0.2) is 0 Å². The lowest BCUT2D eigenvalue weighted by atomic mass is 9.36. The first-order chi connectivity index (χ1) is 17.2. The van der Waals surface area contributed by atoms with E-state index in [9.17, 15) is 24.9 Å². The predicted octanol–water partition coefficient (Wildman–Crippen LogP) is 5.68. The summed E-state index contributed by atoms with van der Waals surface area (Å²) in [6.07, 6.45) is 6.00. The van der Waals surface area contributed by atoms with Crippen LogP contribution in [0.5, 0.6) is 0 Å². The first-order valence-corrected chi connectivity index (χ1v) is 14.9. The molecule has 4 fully saturated rings. The van der Waals surface area contributed by atoms with E-state index in [1.54, 1.807) is 0 Å². The van der Waals surface area contributed by atoms with E-state index in [-0.39, 0.29) is 52.0 Å². The maximum absolute atomic E-state index is 12.7. The molecule has 4 rings (SSSR count). The normalized spacial score (nSPS) is 48.1. The van der Waals surface area contributed by atoms with Gasteiger partial charge in [0.05, 0.1) is 18.1 Å². The molecule has 6 heteroatoms. The van der Waals surface area contributed by atoms with Gasteiger partial charge in [0, 0.05) is 12.8 Å². The van der Waals surface area contributed by atoms with Gasteiger partial charge in [0.25, 0.3) is 0 Å². The number of hydrogen-bond acceptors (Lipinski definition) is 5. The highest BCUT2D eigenvalue weighted by Crippen LogP contribution is 2.74. The van der Waals surface area contributed by atoms with Crippen molar-refractivity contribution >= 4 is 11.9 Å². The highest BCUT2D eigenvalue weighted by Gasteiger charge is 2.72. The summed E-state index contributed by atoms with van der Waals surface area (Å²) in [6, 6.07) is 0. The van der Waals surface area contributed by atoms with Crippen LogP contribution in [0.15, 0.2) is 0 Å². The number of hydrogen-bond donors (Lipinski definition) is 3. The first-order valence-electron chi connectivity index (χ1n) is 14.9. The summed E-state index contributed by atoms with van der Waals surface area (Å²) < 4.78 is 5.95. The van der Waals surface area contributed by atoms with Gasteiger partial charge in [0.15, 0.2) is 0 Å². The zero-order valence-corrected chi connectivity index (χ0v) is 24.2. The zero-order valence-electron chi connectivity index (χ0n) is 24.2. The van der Waals surface area contributed by atoms with Gasteiger partial charge in [-0.2, -0.15) is 0 Å². The van der Waals surface area contributed by atoms with Gasteiger partial charge in [-0.15, -0.1) is 0 Å². The van der Waals surface area contributed by atoms with Crippen LogP contribution < -0.4 is 0 Å². The summed E-state index contributed by atoms with van der Waals surface area (Å²) in [7, 11) is 0. The molecule has 3 N–H and O–H groups in total. The Hall–Kier alpha value is -1.14. The Kier molecular flexibility index (Phi) is 7.89. The van der Waals surface area contributed by atoms with Gasteiger partial charge in [0.1, 0.15) is 6.10 Å². The number of fused-ring (bicyclic) bond motifs is 5. The minimum absolute atomic E-state index is 0.0139. The molecule has 0 heterocycles. The van der Waals surface area contributed by atoms with Gasteiger partial charge < -0.3 is 20.1 Å². The van der Waals surface area contributed by atoms with Crippen molar-refractivity contribution in [2.24, 2.45) is 57.7 Å². The molecule has 4 saturated carbocycles. The summed E-state index contributed by atoms with van der Waals surface area (Å²) in [5.41, 5.74) is -0.505. The molecule has 12 atom stereocenters. The van der Waals surface area contributed by atoms with Gasteiger partial charge in [-0.1, -0.05) is 54.4 Å². The van der Waals surface area contributed by atoms with E-state index in [0.717, 1.165) is 38.5 Å². The highest BCUT2D eigenvalue weighted by atomic mass is 16.5. The lowest BCUT2D eigenvalue weighted by molar-refractivity contribution is -0.240. The number of carbonyl (C=O) groups excluding carboxylic acids is 1. The Morgan fingerprint density at radius 2 is 1.65 bits per heavy atom.